The molecule has 0 heterocycles. The molecular weight excluding hydrogens is 395 g/mol. The fourth-order valence-electron chi connectivity index (χ4n) is 2.48. The smallest absolute Gasteiger partial charge is 0.321 e. The number of halogens is 4. The van der Waals surface area contributed by atoms with Gasteiger partial charge in [0.25, 0.3) is 11.8 Å². The molecule has 9 heteroatoms. The summed E-state index contributed by atoms with van der Waals surface area (Å²) in [6.45, 7) is 1.43. The SMILES string of the molecule is C[C@H](C(=O)Nc1cccc(Cl)c1)[NH+](C)CC(=O)Nc1ccccc1C(F)(F)F. The van der Waals surface area contributed by atoms with Crippen molar-refractivity contribution in [1.82, 2.24) is 0 Å². The first-order chi connectivity index (χ1) is 13.1. The van der Waals surface area contributed by atoms with E-state index in [4.69, 9.17) is 11.6 Å². The van der Waals surface area contributed by atoms with Crippen molar-refractivity contribution in [2.45, 2.75) is 19.1 Å². The van der Waals surface area contributed by atoms with E-state index < -0.39 is 23.7 Å². The summed E-state index contributed by atoms with van der Waals surface area (Å²) in [5, 5.41) is 5.43. The van der Waals surface area contributed by atoms with Crippen LogP contribution in [0.4, 0.5) is 24.5 Å². The number of carbonyl (C=O) groups is 2. The van der Waals surface area contributed by atoms with E-state index in [0.717, 1.165) is 6.07 Å². The van der Waals surface area contributed by atoms with Gasteiger partial charge in [0.1, 0.15) is 0 Å². The number of amides is 2. The lowest BCUT2D eigenvalue weighted by molar-refractivity contribution is -0.885. The van der Waals surface area contributed by atoms with Crippen molar-refractivity contribution < 1.29 is 27.7 Å². The Kier molecular flexibility index (Phi) is 7.04. The third-order valence-electron chi connectivity index (χ3n) is 4.17. The zero-order valence-electron chi connectivity index (χ0n) is 15.2. The molecule has 2 rings (SSSR count). The van der Waals surface area contributed by atoms with E-state index in [1.807, 2.05) is 0 Å². The molecule has 0 radical (unpaired) electrons. The number of anilines is 2. The maximum Gasteiger partial charge on any atom is 0.418 e. The molecule has 150 valence electrons. The fraction of sp³-hybridized carbons (Fsp3) is 0.263. The standard InChI is InChI=1S/C19H19ClF3N3O2/c1-12(18(28)24-14-7-5-6-13(20)10-14)26(2)11-17(27)25-16-9-4-3-8-15(16)19(21,22)23/h3-10,12H,11H2,1-2H3,(H,24,28)(H,25,27)/p+1/t12-/m1/s1. The Morgan fingerprint density at radius 1 is 1.11 bits per heavy atom. The van der Waals surface area contributed by atoms with Crippen molar-refractivity contribution in [2.24, 2.45) is 0 Å². The summed E-state index contributed by atoms with van der Waals surface area (Å²) in [7, 11) is 1.61. The quantitative estimate of drug-likeness (QED) is 0.680. The molecule has 0 aliphatic rings. The summed E-state index contributed by atoms with van der Waals surface area (Å²) in [5.41, 5.74) is -0.725. The number of alkyl halides is 3. The van der Waals surface area contributed by atoms with Gasteiger partial charge in [-0.15, -0.1) is 0 Å². The first kappa shape index (κ1) is 21.7. The van der Waals surface area contributed by atoms with Crippen LogP contribution in [0.25, 0.3) is 0 Å². The molecule has 2 aromatic rings. The molecule has 2 amide bonds. The second-order valence-corrected chi connectivity index (χ2v) is 6.77. The Hall–Kier alpha value is -2.58. The monoisotopic (exact) mass is 414 g/mol. The van der Waals surface area contributed by atoms with Gasteiger partial charge in [0.15, 0.2) is 12.6 Å². The molecule has 1 unspecified atom stereocenters. The second-order valence-electron chi connectivity index (χ2n) is 6.34. The van der Waals surface area contributed by atoms with Crippen LogP contribution in [0.5, 0.6) is 0 Å². The van der Waals surface area contributed by atoms with Crippen LogP contribution in [-0.2, 0) is 15.8 Å². The number of hydrogen-bond acceptors (Lipinski definition) is 2. The predicted molar refractivity (Wildman–Crippen MR) is 101 cm³/mol. The van der Waals surface area contributed by atoms with Crippen LogP contribution < -0.4 is 15.5 Å². The molecule has 0 spiro atoms. The minimum atomic E-state index is -4.58. The lowest BCUT2D eigenvalue weighted by Gasteiger charge is -2.21. The number of carbonyl (C=O) groups excluding carboxylic acids is 2. The maximum atomic E-state index is 13.0. The Labute approximate surface area is 165 Å². The van der Waals surface area contributed by atoms with Gasteiger partial charge in [0, 0.05) is 10.7 Å². The van der Waals surface area contributed by atoms with E-state index in [0.29, 0.717) is 15.6 Å². The summed E-state index contributed by atoms with van der Waals surface area (Å²) >= 11 is 5.87. The van der Waals surface area contributed by atoms with Crippen molar-refractivity contribution in [3.05, 3.63) is 59.1 Å². The average molecular weight is 415 g/mol. The third-order valence-corrected chi connectivity index (χ3v) is 4.41. The Balaban J connectivity index is 1.97. The first-order valence-corrected chi connectivity index (χ1v) is 8.80. The number of para-hydroxylation sites is 1. The zero-order chi connectivity index (χ0) is 20.9. The van der Waals surface area contributed by atoms with Gasteiger partial charge in [-0.1, -0.05) is 29.8 Å². The highest BCUT2D eigenvalue weighted by molar-refractivity contribution is 6.30. The van der Waals surface area contributed by atoms with Crippen molar-refractivity contribution in [3.63, 3.8) is 0 Å². The zero-order valence-corrected chi connectivity index (χ0v) is 16.0. The molecule has 0 aromatic heterocycles. The highest BCUT2D eigenvalue weighted by Crippen LogP contribution is 2.34. The van der Waals surface area contributed by atoms with Crippen LogP contribution in [0.3, 0.4) is 0 Å². The van der Waals surface area contributed by atoms with Crippen LogP contribution in [0.15, 0.2) is 48.5 Å². The normalized spacial score (nSPS) is 13.5. The molecule has 28 heavy (non-hydrogen) atoms. The highest BCUT2D eigenvalue weighted by Gasteiger charge is 2.34. The first-order valence-electron chi connectivity index (χ1n) is 8.42. The second kappa shape index (κ2) is 9.07. The molecule has 0 aliphatic carbocycles. The van der Waals surface area contributed by atoms with Crippen LogP contribution in [0.2, 0.25) is 5.02 Å². The van der Waals surface area contributed by atoms with Crippen LogP contribution in [0, 0.1) is 0 Å². The van der Waals surface area contributed by atoms with Gasteiger partial charge < -0.3 is 15.5 Å². The molecule has 2 atom stereocenters. The molecule has 2 aromatic carbocycles. The van der Waals surface area contributed by atoms with E-state index >= 15 is 0 Å². The lowest BCUT2D eigenvalue weighted by atomic mass is 10.1. The van der Waals surface area contributed by atoms with Gasteiger partial charge in [-0.3, -0.25) is 9.59 Å². The molecule has 0 saturated carbocycles. The summed E-state index contributed by atoms with van der Waals surface area (Å²) in [4.78, 5) is 25.0. The van der Waals surface area contributed by atoms with Gasteiger partial charge in [-0.05, 0) is 37.3 Å². The predicted octanol–water partition coefficient (Wildman–Crippen LogP) is 2.84. The highest BCUT2D eigenvalue weighted by atomic mass is 35.5. The van der Waals surface area contributed by atoms with Crippen molar-refractivity contribution in [3.8, 4) is 0 Å². The van der Waals surface area contributed by atoms with Gasteiger partial charge in [-0.2, -0.15) is 13.2 Å². The number of rotatable bonds is 6. The van der Waals surface area contributed by atoms with E-state index in [1.54, 1.807) is 38.2 Å². The largest absolute Gasteiger partial charge is 0.418 e. The van der Waals surface area contributed by atoms with E-state index in [9.17, 15) is 22.8 Å². The van der Waals surface area contributed by atoms with Crippen molar-refractivity contribution in [2.75, 3.05) is 24.2 Å². The number of hydrogen-bond donors (Lipinski definition) is 3. The molecular formula is C19H20ClF3N3O2+. The number of nitrogens with one attached hydrogen (secondary N) is 3. The summed E-state index contributed by atoms with van der Waals surface area (Å²) in [5.74, 6) is -0.972. The van der Waals surface area contributed by atoms with Crippen LogP contribution >= 0.6 is 11.6 Å². The van der Waals surface area contributed by atoms with E-state index in [-0.39, 0.29) is 18.1 Å². The third kappa shape index (κ3) is 5.97. The summed E-state index contributed by atoms with van der Waals surface area (Å²) < 4.78 is 39.0. The fourth-order valence-corrected chi connectivity index (χ4v) is 2.67. The van der Waals surface area contributed by atoms with Gasteiger partial charge in [0.2, 0.25) is 0 Å². The van der Waals surface area contributed by atoms with E-state index in [2.05, 4.69) is 10.6 Å². The summed E-state index contributed by atoms with van der Waals surface area (Å²) in [6, 6.07) is 10.7. The topological polar surface area (TPSA) is 62.6 Å². The molecule has 3 N–H and O–H groups in total. The molecule has 0 aliphatic heterocycles. The number of benzene rings is 2. The lowest BCUT2D eigenvalue weighted by Crippen LogP contribution is -3.14. The Morgan fingerprint density at radius 2 is 1.79 bits per heavy atom. The molecule has 0 fully saturated rings. The van der Waals surface area contributed by atoms with Crippen molar-refractivity contribution >= 4 is 34.8 Å². The van der Waals surface area contributed by atoms with Gasteiger partial charge in [0.05, 0.1) is 18.3 Å². The summed E-state index contributed by atoms with van der Waals surface area (Å²) in [6.07, 6.45) is -4.58. The number of quaternary nitrogens is 1. The van der Waals surface area contributed by atoms with E-state index in [1.165, 1.54) is 18.2 Å². The van der Waals surface area contributed by atoms with Gasteiger partial charge >= 0.3 is 6.18 Å². The minimum Gasteiger partial charge on any atom is -0.321 e. The molecule has 5 nitrogen and oxygen atoms in total. The molecule has 0 bridgehead atoms. The van der Waals surface area contributed by atoms with Crippen LogP contribution in [0.1, 0.15) is 12.5 Å². The van der Waals surface area contributed by atoms with Crippen LogP contribution in [-0.4, -0.2) is 31.4 Å². The Morgan fingerprint density at radius 3 is 2.43 bits per heavy atom. The van der Waals surface area contributed by atoms with Gasteiger partial charge in [-0.25, -0.2) is 0 Å². The average Bonchev–Trinajstić information content (AvgIpc) is 2.60. The Bertz CT molecular complexity index is 858. The molecule has 0 saturated heterocycles. The minimum absolute atomic E-state index is 0.184. The maximum absolute atomic E-state index is 13.0. The number of likely N-dealkylation sites (N-methyl/N-ethyl adjacent to an activating group) is 1. The van der Waals surface area contributed by atoms with Crippen molar-refractivity contribution in [1.29, 1.82) is 0 Å².